The van der Waals surface area contributed by atoms with Gasteiger partial charge in [0.15, 0.2) is 0 Å². The lowest BCUT2D eigenvalue weighted by atomic mass is 10.2. The summed E-state index contributed by atoms with van der Waals surface area (Å²) >= 11 is 3.48. The van der Waals surface area contributed by atoms with E-state index in [2.05, 4.69) is 33.1 Å². The molecular weight excluding hydrogens is 418 g/mol. The normalized spacial score (nSPS) is 14.9. The Kier molecular flexibility index (Phi) is 5.59. The highest BCUT2D eigenvalue weighted by molar-refractivity contribution is 9.10. The number of benzene rings is 2. The van der Waals surface area contributed by atoms with Crippen molar-refractivity contribution in [1.82, 2.24) is 9.47 Å². The highest BCUT2D eigenvalue weighted by Crippen LogP contribution is 2.24. The Morgan fingerprint density at radius 2 is 2.00 bits per heavy atom. The van der Waals surface area contributed by atoms with Gasteiger partial charge in [0.05, 0.1) is 18.9 Å². The number of carbonyl (C=O) groups excluding carboxylic acids is 1. The second kappa shape index (κ2) is 8.29. The van der Waals surface area contributed by atoms with Crippen LogP contribution in [0.1, 0.15) is 11.1 Å². The van der Waals surface area contributed by atoms with E-state index >= 15 is 0 Å². The number of morpholine rings is 1. The van der Waals surface area contributed by atoms with Crippen molar-refractivity contribution in [2.75, 3.05) is 26.3 Å². The van der Waals surface area contributed by atoms with Crippen LogP contribution in [0.15, 0.2) is 58.1 Å². The summed E-state index contributed by atoms with van der Waals surface area (Å²) in [5, 5.41) is 1.09. The number of hydrogen-bond donors (Lipinski definition) is 0. The minimum absolute atomic E-state index is 0.122. The van der Waals surface area contributed by atoms with Crippen LogP contribution in [-0.4, -0.2) is 47.9 Å². The number of fused-ring (bicyclic) bond motifs is 1. The number of aryl methyl sites for hydroxylation is 1. The monoisotopic (exact) mass is 439 g/mol. The van der Waals surface area contributed by atoms with Gasteiger partial charge in [-0.15, -0.1) is 0 Å². The van der Waals surface area contributed by atoms with Crippen LogP contribution in [0.25, 0.3) is 10.9 Å². The smallest absolute Gasteiger partial charge is 0.242 e. The van der Waals surface area contributed by atoms with Crippen LogP contribution in [0.4, 0.5) is 5.69 Å². The lowest BCUT2D eigenvalue weighted by Crippen LogP contribution is -2.42. The van der Waals surface area contributed by atoms with E-state index in [9.17, 15) is 4.79 Å². The zero-order chi connectivity index (χ0) is 19.5. The van der Waals surface area contributed by atoms with Gasteiger partial charge < -0.3 is 14.2 Å². The molecule has 2 aromatic carbocycles. The van der Waals surface area contributed by atoms with E-state index in [0.717, 1.165) is 32.2 Å². The van der Waals surface area contributed by atoms with Crippen LogP contribution < -0.4 is 0 Å². The molecule has 1 aliphatic heterocycles. The molecule has 0 saturated carbocycles. The predicted molar refractivity (Wildman–Crippen MR) is 115 cm³/mol. The first kappa shape index (κ1) is 18.9. The highest BCUT2D eigenvalue weighted by Gasteiger charge is 2.18. The van der Waals surface area contributed by atoms with Gasteiger partial charge in [-0.05, 0) is 36.8 Å². The third-order valence-corrected chi connectivity index (χ3v) is 5.48. The van der Waals surface area contributed by atoms with Crippen LogP contribution in [0.3, 0.4) is 0 Å². The number of aromatic nitrogens is 1. The standard InChI is InChI=1S/C22H22BrN3O2/c1-16-12-18(23)6-7-20(16)24-13-17-14-26(21-5-3-2-4-19(17)21)15-22(27)25-8-10-28-11-9-25/h2-7,12-14H,8-11,15H2,1H3. The molecule has 1 amide bonds. The molecule has 144 valence electrons. The van der Waals surface area contributed by atoms with Gasteiger partial charge in [-0.25, -0.2) is 0 Å². The van der Waals surface area contributed by atoms with E-state index in [1.165, 1.54) is 0 Å². The van der Waals surface area contributed by atoms with Crippen molar-refractivity contribution in [3.63, 3.8) is 0 Å². The SMILES string of the molecule is Cc1cc(Br)ccc1N=Cc1cn(CC(=O)N2CCOCC2)c2ccccc12. The average molecular weight is 440 g/mol. The van der Waals surface area contributed by atoms with Crippen molar-refractivity contribution in [2.45, 2.75) is 13.5 Å². The number of ether oxygens (including phenoxy) is 1. The Morgan fingerprint density at radius 3 is 2.79 bits per heavy atom. The van der Waals surface area contributed by atoms with Crippen molar-refractivity contribution in [1.29, 1.82) is 0 Å². The second-order valence-corrected chi connectivity index (χ2v) is 7.83. The average Bonchev–Trinajstić information content (AvgIpc) is 3.06. The topological polar surface area (TPSA) is 46.8 Å². The molecule has 0 bridgehead atoms. The summed E-state index contributed by atoms with van der Waals surface area (Å²) < 4.78 is 8.40. The van der Waals surface area contributed by atoms with Gasteiger partial charge in [0.1, 0.15) is 6.54 Å². The maximum Gasteiger partial charge on any atom is 0.242 e. The molecule has 0 atom stereocenters. The fourth-order valence-electron chi connectivity index (χ4n) is 3.47. The van der Waals surface area contributed by atoms with E-state index in [1.54, 1.807) is 0 Å². The number of amides is 1. The van der Waals surface area contributed by atoms with Gasteiger partial charge in [0, 0.05) is 46.4 Å². The van der Waals surface area contributed by atoms with Crippen LogP contribution in [-0.2, 0) is 16.1 Å². The quantitative estimate of drug-likeness (QED) is 0.568. The molecule has 0 aliphatic carbocycles. The fourth-order valence-corrected chi connectivity index (χ4v) is 3.95. The van der Waals surface area contributed by atoms with E-state index < -0.39 is 0 Å². The minimum Gasteiger partial charge on any atom is -0.378 e. The largest absolute Gasteiger partial charge is 0.378 e. The van der Waals surface area contributed by atoms with E-state index in [0.29, 0.717) is 32.8 Å². The molecule has 6 heteroatoms. The summed E-state index contributed by atoms with van der Waals surface area (Å²) in [6.45, 7) is 4.92. The number of aliphatic imine (C=N–C) groups is 1. The molecule has 0 N–H and O–H groups in total. The number of halogens is 1. The lowest BCUT2D eigenvalue weighted by molar-refractivity contribution is -0.135. The van der Waals surface area contributed by atoms with Crippen molar-refractivity contribution in [3.05, 3.63) is 64.3 Å². The fraction of sp³-hybridized carbons (Fsp3) is 0.273. The van der Waals surface area contributed by atoms with E-state index in [-0.39, 0.29) is 5.91 Å². The minimum atomic E-state index is 0.122. The van der Waals surface area contributed by atoms with Crippen LogP contribution in [0.5, 0.6) is 0 Å². The molecule has 0 radical (unpaired) electrons. The number of para-hydroxylation sites is 1. The molecule has 2 heterocycles. The molecule has 1 fully saturated rings. The van der Waals surface area contributed by atoms with Crippen molar-refractivity contribution in [3.8, 4) is 0 Å². The van der Waals surface area contributed by atoms with Gasteiger partial charge in [-0.1, -0.05) is 34.1 Å². The summed E-state index contributed by atoms with van der Waals surface area (Å²) in [7, 11) is 0. The first-order valence-electron chi connectivity index (χ1n) is 9.35. The van der Waals surface area contributed by atoms with Crippen LogP contribution in [0, 0.1) is 6.92 Å². The Bertz CT molecular complexity index is 1040. The van der Waals surface area contributed by atoms with Crippen LogP contribution >= 0.6 is 15.9 Å². The van der Waals surface area contributed by atoms with E-state index in [1.807, 2.05) is 59.1 Å². The Labute approximate surface area is 172 Å². The van der Waals surface area contributed by atoms with Gasteiger partial charge in [0.25, 0.3) is 0 Å². The Balaban J connectivity index is 1.62. The number of nitrogens with zero attached hydrogens (tertiary/aromatic N) is 3. The first-order valence-corrected chi connectivity index (χ1v) is 10.1. The molecule has 0 spiro atoms. The number of rotatable bonds is 4. The van der Waals surface area contributed by atoms with E-state index in [4.69, 9.17) is 4.74 Å². The third-order valence-electron chi connectivity index (χ3n) is 4.99. The first-order chi connectivity index (χ1) is 13.6. The molecule has 1 aliphatic rings. The number of carbonyl (C=O) groups is 1. The zero-order valence-electron chi connectivity index (χ0n) is 15.8. The third kappa shape index (κ3) is 4.03. The molecule has 5 nitrogen and oxygen atoms in total. The summed E-state index contributed by atoms with van der Waals surface area (Å²) in [6.07, 6.45) is 3.90. The molecule has 4 rings (SSSR count). The lowest BCUT2D eigenvalue weighted by Gasteiger charge is -2.27. The molecule has 3 aromatic rings. The summed E-state index contributed by atoms with van der Waals surface area (Å²) in [4.78, 5) is 19.2. The summed E-state index contributed by atoms with van der Waals surface area (Å²) in [5.74, 6) is 0.122. The van der Waals surface area contributed by atoms with Crippen molar-refractivity contribution < 1.29 is 9.53 Å². The summed E-state index contributed by atoms with van der Waals surface area (Å²) in [5.41, 5.74) is 4.09. The van der Waals surface area contributed by atoms with Gasteiger partial charge in [-0.3, -0.25) is 9.79 Å². The zero-order valence-corrected chi connectivity index (χ0v) is 17.4. The van der Waals surface area contributed by atoms with Crippen LogP contribution in [0.2, 0.25) is 0 Å². The maximum atomic E-state index is 12.7. The highest BCUT2D eigenvalue weighted by atomic mass is 79.9. The molecular formula is C22H22BrN3O2. The van der Waals surface area contributed by atoms with Crippen molar-refractivity contribution in [2.24, 2.45) is 4.99 Å². The molecule has 1 saturated heterocycles. The Morgan fingerprint density at radius 1 is 1.21 bits per heavy atom. The number of hydrogen-bond acceptors (Lipinski definition) is 3. The predicted octanol–water partition coefficient (Wildman–Crippen LogP) is 4.32. The van der Waals surface area contributed by atoms with Gasteiger partial charge in [-0.2, -0.15) is 0 Å². The molecule has 28 heavy (non-hydrogen) atoms. The Hall–Kier alpha value is -2.44. The maximum absolute atomic E-state index is 12.7. The second-order valence-electron chi connectivity index (χ2n) is 6.91. The molecule has 1 aromatic heterocycles. The van der Waals surface area contributed by atoms with Gasteiger partial charge in [0.2, 0.25) is 5.91 Å². The summed E-state index contributed by atoms with van der Waals surface area (Å²) in [6, 6.07) is 14.2. The molecule has 0 unspecified atom stereocenters. The van der Waals surface area contributed by atoms with Gasteiger partial charge >= 0.3 is 0 Å². The van der Waals surface area contributed by atoms with Crippen molar-refractivity contribution >= 4 is 44.6 Å².